The average Bonchev–Trinajstić information content (AvgIpc) is 2.45. The highest BCUT2D eigenvalue weighted by Gasteiger charge is 2.33. The predicted molar refractivity (Wildman–Crippen MR) is 78.0 cm³/mol. The van der Waals surface area contributed by atoms with Gasteiger partial charge in [0.2, 0.25) is 15.9 Å². The third-order valence-corrected chi connectivity index (χ3v) is 4.82. The molecule has 1 unspecified atom stereocenters. The Morgan fingerprint density at radius 2 is 2.05 bits per heavy atom. The van der Waals surface area contributed by atoms with Crippen LogP contribution in [0.4, 0.5) is 0 Å². The van der Waals surface area contributed by atoms with Crippen molar-refractivity contribution in [2.24, 2.45) is 5.92 Å². The van der Waals surface area contributed by atoms with Crippen molar-refractivity contribution in [3.8, 4) is 0 Å². The largest absolute Gasteiger partial charge is 0.468 e. The van der Waals surface area contributed by atoms with Crippen LogP contribution in [0.1, 0.15) is 26.2 Å². The molecule has 21 heavy (non-hydrogen) atoms. The monoisotopic (exact) mass is 320 g/mol. The number of nitrogens with zero attached hydrogens (tertiary/aromatic N) is 2. The normalized spacial score (nSPS) is 20.0. The van der Waals surface area contributed by atoms with Gasteiger partial charge in [-0.25, -0.2) is 12.7 Å². The van der Waals surface area contributed by atoms with Crippen molar-refractivity contribution in [3.05, 3.63) is 0 Å². The number of carbonyl (C=O) groups is 2. The van der Waals surface area contributed by atoms with Crippen molar-refractivity contribution >= 4 is 21.9 Å². The number of esters is 1. The van der Waals surface area contributed by atoms with Crippen LogP contribution in [-0.4, -0.2) is 69.0 Å². The van der Waals surface area contributed by atoms with Crippen LogP contribution in [0.5, 0.6) is 0 Å². The number of amides is 1. The third kappa shape index (κ3) is 5.28. The minimum atomic E-state index is -3.29. The first kappa shape index (κ1) is 17.9. The van der Waals surface area contributed by atoms with E-state index < -0.39 is 16.0 Å². The summed E-state index contributed by atoms with van der Waals surface area (Å²) in [5.74, 6) is -1.02. The van der Waals surface area contributed by atoms with E-state index in [2.05, 4.69) is 4.74 Å². The lowest BCUT2D eigenvalue weighted by molar-refractivity contribution is -0.149. The number of sulfonamides is 1. The molecule has 7 nitrogen and oxygen atoms in total. The summed E-state index contributed by atoms with van der Waals surface area (Å²) >= 11 is 0. The molecule has 1 aliphatic heterocycles. The lowest BCUT2D eigenvalue weighted by atomic mass is 9.98. The third-order valence-electron chi connectivity index (χ3n) is 3.56. The van der Waals surface area contributed by atoms with Gasteiger partial charge in [0.1, 0.15) is 6.54 Å². The van der Waals surface area contributed by atoms with Crippen LogP contribution >= 0.6 is 0 Å². The van der Waals surface area contributed by atoms with E-state index in [9.17, 15) is 18.0 Å². The molecule has 0 N–H and O–H groups in total. The van der Waals surface area contributed by atoms with Crippen molar-refractivity contribution in [3.63, 3.8) is 0 Å². The molecule has 1 aliphatic rings. The van der Waals surface area contributed by atoms with E-state index in [-0.39, 0.29) is 24.9 Å². The second-order valence-corrected chi connectivity index (χ2v) is 7.28. The fourth-order valence-electron chi connectivity index (χ4n) is 2.46. The molecule has 0 aliphatic carbocycles. The fraction of sp³-hybridized carbons (Fsp3) is 0.846. The van der Waals surface area contributed by atoms with Gasteiger partial charge in [0.05, 0.1) is 19.3 Å². The van der Waals surface area contributed by atoms with Crippen LogP contribution in [0, 0.1) is 5.92 Å². The van der Waals surface area contributed by atoms with Crippen molar-refractivity contribution in [2.75, 3.05) is 39.5 Å². The molecule has 0 saturated carbocycles. The SMILES string of the molecule is CCCN(CC(=O)OC)C(=O)C1CCCN(S(C)(=O)=O)C1. The van der Waals surface area contributed by atoms with Gasteiger partial charge in [-0.3, -0.25) is 9.59 Å². The van der Waals surface area contributed by atoms with Gasteiger partial charge >= 0.3 is 5.97 Å². The summed E-state index contributed by atoms with van der Waals surface area (Å²) in [6.07, 6.45) is 3.18. The van der Waals surface area contributed by atoms with E-state index in [1.807, 2.05) is 6.92 Å². The summed E-state index contributed by atoms with van der Waals surface area (Å²) < 4.78 is 29.1. The number of methoxy groups -OCH3 is 1. The summed E-state index contributed by atoms with van der Waals surface area (Å²) in [4.78, 5) is 25.4. The van der Waals surface area contributed by atoms with Crippen LogP contribution in [0.3, 0.4) is 0 Å². The molecule has 1 atom stereocenters. The Morgan fingerprint density at radius 1 is 1.38 bits per heavy atom. The van der Waals surface area contributed by atoms with Crippen molar-refractivity contribution < 1.29 is 22.7 Å². The molecule has 0 spiro atoms. The molecular weight excluding hydrogens is 296 g/mol. The second kappa shape index (κ2) is 7.74. The van der Waals surface area contributed by atoms with Crippen LogP contribution in [0.15, 0.2) is 0 Å². The smallest absolute Gasteiger partial charge is 0.325 e. The highest BCUT2D eigenvalue weighted by Crippen LogP contribution is 2.21. The molecule has 1 heterocycles. The maximum atomic E-state index is 12.5. The van der Waals surface area contributed by atoms with E-state index in [1.165, 1.54) is 16.3 Å². The summed E-state index contributed by atoms with van der Waals surface area (Å²) in [7, 11) is -2.01. The summed E-state index contributed by atoms with van der Waals surface area (Å²) in [6.45, 7) is 2.94. The molecule has 1 rings (SSSR count). The Bertz CT molecular complexity index is 477. The van der Waals surface area contributed by atoms with Gasteiger partial charge < -0.3 is 9.64 Å². The number of rotatable bonds is 6. The van der Waals surface area contributed by atoms with Crippen LogP contribution in [0.2, 0.25) is 0 Å². The molecule has 0 radical (unpaired) electrons. The molecular formula is C13H24N2O5S. The quantitative estimate of drug-likeness (QED) is 0.647. The first-order valence-corrected chi connectivity index (χ1v) is 8.95. The van der Waals surface area contributed by atoms with E-state index in [0.717, 1.165) is 12.7 Å². The minimum Gasteiger partial charge on any atom is -0.468 e. The molecule has 1 amide bonds. The predicted octanol–water partition coefficient (Wildman–Crippen LogP) is 0.0696. The summed E-state index contributed by atoms with van der Waals surface area (Å²) in [6, 6.07) is 0. The van der Waals surface area contributed by atoms with Crippen LogP contribution in [-0.2, 0) is 24.3 Å². The van der Waals surface area contributed by atoms with Gasteiger partial charge in [-0.05, 0) is 19.3 Å². The second-order valence-electron chi connectivity index (χ2n) is 5.30. The first-order chi connectivity index (χ1) is 9.79. The first-order valence-electron chi connectivity index (χ1n) is 7.10. The fourth-order valence-corrected chi connectivity index (χ4v) is 3.37. The average molecular weight is 320 g/mol. The zero-order valence-electron chi connectivity index (χ0n) is 12.9. The Morgan fingerprint density at radius 3 is 2.57 bits per heavy atom. The molecule has 0 aromatic heterocycles. The summed E-state index contributed by atoms with van der Waals surface area (Å²) in [5, 5.41) is 0. The Hall–Kier alpha value is -1.15. The lowest BCUT2D eigenvalue weighted by Crippen LogP contribution is -2.47. The van der Waals surface area contributed by atoms with Gasteiger partial charge in [-0.15, -0.1) is 0 Å². The highest BCUT2D eigenvalue weighted by atomic mass is 32.2. The molecule has 1 fully saturated rings. The molecule has 1 saturated heterocycles. The van der Waals surface area contributed by atoms with Crippen molar-refractivity contribution in [1.29, 1.82) is 0 Å². The van der Waals surface area contributed by atoms with E-state index in [0.29, 0.717) is 25.9 Å². The Kier molecular flexibility index (Phi) is 6.60. The number of piperidine rings is 1. The molecule has 0 aromatic rings. The van der Waals surface area contributed by atoms with Gasteiger partial charge in [0.15, 0.2) is 0 Å². The van der Waals surface area contributed by atoms with E-state index >= 15 is 0 Å². The molecule has 122 valence electrons. The van der Waals surface area contributed by atoms with Gasteiger partial charge in [0, 0.05) is 19.6 Å². The zero-order chi connectivity index (χ0) is 16.0. The van der Waals surface area contributed by atoms with E-state index in [1.54, 1.807) is 0 Å². The maximum absolute atomic E-state index is 12.5. The number of hydrogen-bond acceptors (Lipinski definition) is 5. The van der Waals surface area contributed by atoms with E-state index in [4.69, 9.17) is 0 Å². The molecule has 0 aromatic carbocycles. The van der Waals surface area contributed by atoms with Gasteiger partial charge in [-0.2, -0.15) is 0 Å². The van der Waals surface area contributed by atoms with Crippen LogP contribution < -0.4 is 0 Å². The van der Waals surface area contributed by atoms with Crippen molar-refractivity contribution in [2.45, 2.75) is 26.2 Å². The van der Waals surface area contributed by atoms with Crippen LogP contribution in [0.25, 0.3) is 0 Å². The number of ether oxygens (including phenoxy) is 1. The number of hydrogen-bond donors (Lipinski definition) is 0. The summed E-state index contributed by atoms with van der Waals surface area (Å²) in [5.41, 5.74) is 0. The lowest BCUT2D eigenvalue weighted by Gasteiger charge is -2.33. The maximum Gasteiger partial charge on any atom is 0.325 e. The molecule has 8 heteroatoms. The Labute approximate surface area is 126 Å². The zero-order valence-corrected chi connectivity index (χ0v) is 13.7. The standard InChI is InChI=1S/C13H24N2O5S/c1-4-7-14(10-12(16)20-2)13(17)11-6-5-8-15(9-11)21(3,18)19/h11H,4-10H2,1-3H3. The topological polar surface area (TPSA) is 84.0 Å². The minimum absolute atomic E-state index is 0.0848. The Balaban J connectivity index is 2.76. The molecule has 0 bridgehead atoms. The van der Waals surface area contributed by atoms with Crippen molar-refractivity contribution in [1.82, 2.24) is 9.21 Å². The van der Waals surface area contributed by atoms with Gasteiger partial charge in [0.25, 0.3) is 0 Å². The number of carbonyl (C=O) groups excluding carboxylic acids is 2. The highest BCUT2D eigenvalue weighted by molar-refractivity contribution is 7.88. The van der Waals surface area contributed by atoms with Gasteiger partial charge in [-0.1, -0.05) is 6.92 Å².